The Morgan fingerprint density at radius 2 is 1.80 bits per heavy atom. The smallest absolute Gasteiger partial charge is 0.322 e. The van der Waals surface area contributed by atoms with E-state index in [2.05, 4.69) is 5.32 Å². The average Bonchev–Trinajstić information content (AvgIpc) is 2.36. The van der Waals surface area contributed by atoms with Crippen LogP contribution in [0.15, 0.2) is 18.2 Å². The van der Waals surface area contributed by atoms with Crippen LogP contribution in [0, 0.1) is 17.6 Å². The highest BCUT2D eigenvalue weighted by Crippen LogP contribution is 2.21. The number of carbonyl (C=O) groups is 1. The first-order chi connectivity index (χ1) is 9.36. The molecule has 0 saturated heterocycles. The van der Waals surface area contributed by atoms with Crippen LogP contribution in [-0.2, 0) is 9.53 Å². The first-order valence-electron chi connectivity index (χ1n) is 6.64. The Balaban J connectivity index is 2.90. The minimum Gasteiger partial charge on any atom is -0.468 e. The summed E-state index contributed by atoms with van der Waals surface area (Å²) in [6.45, 7) is 5.55. The number of nitrogens with one attached hydrogen (secondary N) is 1. The molecule has 0 aromatic heterocycles. The van der Waals surface area contributed by atoms with Crippen LogP contribution < -0.4 is 5.32 Å². The van der Waals surface area contributed by atoms with Crippen molar-refractivity contribution in [3.63, 3.8) is 0 Å². The fourth-order valence-electron chi connectivity index (χ4n) is 2.16. The summed E-state index contributed by atoms with van der Waals surface area (Å²) in [7, 11) is 1.30. The van der Waals surface area contributed by atoms with E-state index in [1.54, 1.807) is 6.92 Å². The lowest BCUT2D eigenvalue weighted by Gasteiger charge is -2.23. The second-order valence-electron chi connectivity index (χ2n) is 5.23. The van der Waals surface area contributed by atoms with Crippen LogP contribution in [0.1, 0.15) is 38.8 Å². The third-order valence-corrected chi connectivity index (χ3v) is 3.08. The van der Waals surface area contributed by atoms with Gasteiger partial charge in [-0.2, -0.15) is 0 Å². The number of benzene rings is 1. The molecule has 0 radical (unpaired) electrons. The molecule has 3 nitrogen and oxygen atoms in total. The van der Waals surface area contributed by atoms with Gasteiger partial charge in [-0.25, -0.2) is 8.78 Å². The van der Waals surface area contributed by atoms with Crippen LogP contribution in [0.3, 0.4) is 0 Å². The van der Waals surface area contributed by atoms with Crippen LogP contribution in [0.5, 0.6) is 0 Å². The summed E-state index contributed by atoms with van der Waals surface area (Å²) in [6, 6.07) is 2.50. The Kier molecular flexibility index (Phi) is 6.07. The van der Waals surface area contributed by atoms with Crippen LogP contribution in [0.25, 0.3) is 0 Å². The number of hydrogen-bond donors (Lipinski definition) is 1. The van der Waals surface area contributed by atoms with Gasteiger partial charge in [0.15, 0.2) is 0 Å². The van der Waals surface area contributed by atoms with E-state index in [1.165, 1.54) is 25.3 Å². The monoisotopic (exact) mass is 285 g/mol. The molecular weight excluding hydrogens is 264 g/mol. The van der Waals surface area contributed by atoms with Gasteiger partial charge in [0.25, 0.3) is 0 Å². The molecule has 0 aliphatic heterocycles. The molecule has 0 heterocycles. The molecule has 1 rings (SSSR count). The second kappa shape index (κ2) is 7.33. The highest BCUT2D eigenvalue weighted by Gasteiger charge is 2.25. The van der Waals surface area contributed by atoms with Crippen molar-refractivity contribution >= 4 is 5.97 Å². The summed E-state index contributed by atoms with van der Waals surface area (Å²) in [4.78, 5) is 11.7. The zero-order chi connectivity index (χ0) is 15.3. The first kappa shape index (κ1) is 16.6. The van der Waals surface area contributed by atoms with Crippen molar-refractivity contribution in [1.29, 1.82) is 0 Å². The minimum atomic E-state index is -0.627. The number of hydrogen-bond acceptors (Lipinski definition) is 3. The number of halogens is 2. The summed E-state index contributed by atoms with van der Waals surface area (Å²) >= 11 is 0. The number of ether oxygens (including phenoxy) is 1. The predicted molar refractivity (Wildman–Crippen MR) is 73.2 cm³/mol. The van der Waals surface area contributed by atoms with Crippen molar-refractivity contribution in [3.05, 3.63) is 35.4 Å². The van der Waals surface area contributed by atoms with Gasteiger partial charge in [-0.15, -0.1) is 0 Å². The molecule has 1 aromatic carbocycles. The van der Waals surface area contributed by atoms with Crippen LogP contribution in [0.4, 0.5) is 8.78 Å². The molecule has 0 saturated carbocycles. The van der Waals surface area contributed by atoms with Gasteiger partial charge in [0.05, 0.1) is 7.11 Å². The van der Waals surface area contributed by atoms with Gasteiger partial charge >= 0.3 is 5.97 Å². The van der Waals surface area contributed by atoms with Crippen molar-refractivity contribution in [2.75, 3.05) is 7.11 Å². The Morgan fingerprint density at radius 1 is 1.25 bits per heavy atom. The van der Waals surface area contributed by atoms with Gasteiger partial charge in [-0.05, 0) is 31.4 Å². The van der Waals surface area contributed by atoms with Crippen LogP contribution in [0.2, 0.25) is 0 Å². The van der Waals surface area contributed by atoms with E-state index in [9.17, 15) is 13.6 Å². The topological polar surface area (TPSA) is 38.3 Å². The lowest BCUT2D eigenvalue weighted by atomic mass is 10.0. The molecule has 1 aromatic rings. The fourth-order valence-corrected chi connectivity index (χ4v) is 2.16. The molecule has 0 spiro atoms. The second-order valence-corrected chi connectivity index (χ2v) is 5.23. The van der Waals surface area contributed by atoms with Crippen LogP contribution in [-0.4, -0.2) is 19.1 Å². The average molecular weight is 285 g/mol. The minimum absolute atomic E-state index is 0.0647. The van der Waals surface area contributed by atoms with Crippen molar-refractivity contribution < 1.29 is 18.3 Å². The highest BCUT2D eigenvalue weighted by molar-refractivity contribution is 5.75. The number of esters is 1. The summed E-state index contributed by atoms with van der Waals surface area (Å²) in [5.41, 5.74) is -0.0647. The third-order valence-electron chi connectivity index (χ3n) is 3.08. The molecular formula is C15H21F2NO2. The SMILES string of the molecule is COC(=O)C(CC(C)C)NC(C)c1c(F)cccc1F. The molecule has 20 heavy (non-hydrogen) atoms. The standard InChI is InChI=1S/C15H21F2NO2/c1-9(2)8-13(15(19)20-4)18-10(3)14-11(16)6-5-7-12(14)17/h5-7,9-10,13,18H,8H2,1-4H3. The molecule has 0 aliphatic rings. The quantitative estimate of drug-likeness (QED) is 0.816. The number of rotatable bonds is 6. The van der Waals surface area contributed by atoms with E-state index in [-0.39, 0.29) is 11.5 Å². The molecule has 5 heteroatoms. The van der Waals surface area contributed by atoms with Crippen molar-refractivity contribution in [3.8, 4) is 0 Å². The molecule has 0 fully saturated rings. The molecule has 0 bridgehead atoms. The Morgan fingerprint density at radius 3 is 2.25 bits per heavy atom. The van der Waals surface area contributed by atoms with Crippen molar-refractivity contribution in [2.45, 2.75) is 39.3 Å². The maximum atomic E-state index is 13.7. The number of methoxy groups -OCH3 is 1. The lowest BCUT2D eigenvalue weighted by molar-refractivity contribution is -0.143. The molecule has 112 valence electrons. The third kappa shape index (κ3) is 4.27. The summed E-state index contributed by atoms with van der Waals surface area (Å²) < 4.78 is 32.1. The van der Waals surface area contributed by atoms with Gasteiger partial charge in [0.2, 0.25) is 0 Å². The van der Waals surface area contributed by atoms with Gasteiger partial charge in [-0.1, -0.05) is 19.9 Å². The van der Waals surface area contributed by atoms with Crippen LogP contribution >= 0.6 is 0 Å². The van der Waals surface area contributed by atoms with Gasteiger partial charge in [-0.3, -0.25) is 10.1 Å². The summed E-state index contributed by atoms with van der Waals surface area (Å²) in [5.74, 6) is -1.43. The van der Waals surface area contributed by atoms with Gasteiger partial charge < -0.3 is 4.74 Å². The van der Waals surface area contributed by atoms with Crippen molar-refractivity contribution in [1.82, 2.24) is 5.32 Å². The fraction of sp³-hybridized carbons (Fsp3) is 0.533. The van der Waals surface area contributed by atoms with E-state index in [0.29, 0.717) is 6.42 Å². The number of carbonyl (C=O) groups excluding carboxylic acids is 1. The molecule has 2 unspecified atom stereocenters. The predicted octanol–water partition coefficient (Wildman–Crippen LogP) is 3.20. The zero-order valence-electron chi connectivity index (χ0n) is 12.2. The van der Waals surface area contributed by atoms with E-state index in [4.69, 9.17) is 4.74 Å². The normalized spacial score (nSPS) is 14.2. The van der Waals surface area contributed by atoms with Gasteiger partial charge in [0.1, 0.15) is 17.7 Å². The lowest BCUT2D eigenvalue weighted by Crippen LogP contribution is -2.40. The highest BCUT2D eigenvalue weighted by atomic mass is 19.1. The summed E-state index contributed by atoms with van der Waals surface area (Å²) in [6.07, 6.45) is 0.535. The Hall–Kier alpha value is -1.49. The van der Waals surface area contributed by atoms with E-state index in [0.717, 1.165) is 0 Å². The van der Waals surface area contributed by atoms with E-state index in [1.807, 2.05) is 13.8 Å². The summed E-state index contributed by atoms with van der Waals surface area (Å²) in [5, 5.41) is 2.94. The van der Waals surface area contributed by atoms with Crippen molar-refractivity contribution in [2.24, 2.45) is 5.92 Å². The molecule has 0 amide bonds. The molecule has 1 N–H and O–H groups in total. The molecule has 0 aliphatic carbocycles. The zero-order valence-corrected chi connectivity index (χ0v) is 12.2. The Bertz CT molecular complexity index is 443. The molecule has 2 atom stereocenters. The van der Waals surface area contributed by atoms with E-state index >= 15 is 0 Å². The largest absolute Gasteiger partial charge is 0.468 e. The van der Waals surface area contributed by atoms with E-state index < -0.39 is 29.7 Å². The maximum Gasteiger partial charge on any atom is 0.322 e. The van der Waals surface area contributed by atoms with Gasteiger partial charge in [0, 0.05) is 11.6 Å². The Labute approximate surface area is 118 Å². The first-order valence-corrected chi connectivity index (χ1v) is 6.64. The maximum absolute atomic E-state index is 13.7.